The van der Waals surface area contributed by atoms with Crippen LogP contribution in [0.3, 0.4) is 0 Å². The number of hydrogen-bond acceptors (Lipinski definition) is 7. The number of rotatable bonds is 6. The van der Waals surface area contributed by atoms with E-state index in [1.807, 2.05) is 12.3 Å². The van der Waals surface area contributed by atoms with Crippen LogP contribution in [0.5, 0.6) is 5.75 Å². The van der Waals surface area contributed by atoms with Crippen LogP contribution in [-0.4, -0.2) is 47.0 Å². The number of amides is 3. The number of aromatic nitrogens is 1. The summed E-state index contributed by atoms with van der Waals surface area (Å²) in [7, 11) is 0. The number of thiazole rings is 1. The number of nitrogens with one attached hydrogen (secondary N) is 1. The van der Waals surface area contributed by atoms with E-state index < -0.39 is 24.0 Å². The fourth-order valence-corrected chi connectivity index (χ4v) is 3.10. The second-order valence-corrected chi connectivity index (χ2v) is 7.00. The number of carbonyl (C=O) groups is 3. The Labute approximate surface area is 160 Å². The Balaban J connectivity index is 1.53. The molecule has 2 aromatic rings. The number of imide groups is 1. The molecule has 3 amide bonds. The van der Waals surface area contributed by atoms with Crippen LogP contribution in [0, 0.1) is 6.92 Å². The van der Waals surface area contributed by atoms with Crippen molar-refractivity contribution in [2.24, 2.45) is 0 Å². The first-order valence-electron chi connectivity index (χ1n) is 8.38. The van der Waals surface area contributed by atoms with Gasteiger partial charge in [0, 0.05) is 18.5 Å². The zero-order valence-electron chi connectivity index (χ0n) is 14.9. The summed E-state index contributed by atoms with van der Waals surface area (Å²) in [5.74, 6) is -0.593. The lowest BCUT2D eigenvalue weighted by molar-refractivity contribution is -0.136. The van der Waals surface area contributed by atoms with E-state index in [-0.39, 0.29) is 12.1 Å². The molecule has 142 valence electrons. The van der Waals surface area contributed by atoms with Gasteiger partial charge in [-0.15, -0.1) is 11.3 Å². The molecule has 1 atom stereocenters. The predicted molar refractivity (Wildman–Crippen MR) is 97.6 cm³/mol. The number of aryl methyl sites for hydroxylation is 1. The number of ether oxygens (including phenoxy) is 2. The highest BCUT2D eigenvalue weighted by molar-refractivity contribution is 7.09. The number of esters is 1. The van der Waals surface area contributed by atoms with Gasteiger partial charge < -0.3 is 14.8 Å². The maximum Gasteiger partial charge on any atom is 0.338 e. The predicted octanol–water partition coefficient (Wildman–Crippen LogP) is 2.13. The number of urea groups is 1. The van der Waals surface area contributed by atoms with Crippen molar-refractivity contribution in [3.63, 3.8) is 0 Å². The quantitative estimate of drug-likeness (QED) is 0.760. The molecule has 1 aromatic carbocycles. The molecule has 9 heteroatoms. The summed E-state index contributed by atoms with van der Waals surface area (Å²) in [5.41, 5.74) is 1.14. The molecule has 0 saturated carbocycles. The Morgan fingerprint density at radius 3 is 2.67 bits per heavy atom. The minimum absolute atomic E-state index is 0.268. The summed E-state index contributed by atoms with van der Waals surface area (Å²) in [6.07, 6.45) is -1.05. The Morgan fingerprint density at radius 1 is 1.33 bits per heavy atom. The lowest BCUT2D eigenvalue weighted by Gasteiger charge is -2.18. The Hall–Kier alpha value is -2.94. The minimum Gasteiger partial charge on any atom is -0.487 e. The van der Waals surface area contributed by atoms with E-state index >= 15 is 0 Å². The van der Waals surface area contributed by atoms with E-state index in [4.69, 9.17) is 9.47 Å². The van der Waals surface area contributed by atoms with Crippen LogP contribution in [0.15, 0.2) is 29.6 Å². The second-order valence-electron chi connectivity index (χ2n) is 5.94. The van der Waals surface area contributed by atoms with Crippen LogP contribution in [0.4, 0.5) is 4.79 Å². The van der Waals surface area contributed by atoms with Gasteiger partial charge in [-0.25, -0.2) is 14.6 Å². The van der Waals surface area contributed by atoms with Gasteiger partial charge in [-0.05, 0) is 38.1 Å². The largest absolute Gasteiger partial charge is 0.487 e. The molecule has 1 aromatic heterocycles. The molecule has 1 N–H and O–H groups in total. The molecule has 1 aliphatic heterocycles. The van der Waals surface area contributed by atoms with Gasteiger partial charge in [-0.1, -0.05) is 0 Å². The van der Waals surface area contributed by atoms with Crippen LogP contribution in [0.25, 0.3) is 0 Å². The molecule has 27 heavy (non-hydrogen) atoms. The van der Waals surface area contributed by atoms with Crippen molar-refractivity contribution in [1.82, 2.24) is 15.2 Å². The monoisotopic (exact) mass is 389 g/mol. The molecular formula is C18H19N3O5S. The van der Waals surface area contributed by atoms with Gasteiger partial charge in [0.25, 0.3) is 5.91 Å². The third kappa shape index (κ3) is 4.62. The van der Waals surface area contributed by atoms with E-state index in [1.54, 1.807) is 35.6 Å². The fraction of sp³-hybridized carbons (Fsp3) is 0.333. The zero-order chi connectivity index (χ0) is 19.4. The third-order valence-corrected chi connectivity index (χ3v) is 4.72. The second kappa shape index (κ2) is 8.17. The standard InChI is InChI=1S/C18H19N3O5S/c1-11(16(22)21-8-7-19-18(21)24)26-17(23)13-3-5-15(6-4-13)25-9-14-10-27-12(2)20-14/h3-6,10-11H,7-9H2,1-2H3,(H,19,24)/t11-/m1/s1. The van der Waals surface area contributed by atoms with Gasteiger partial charge in [0.05, 0.1) is 16.3 Å². The molecule has 0 bridgehead atoms. The summed E-state index contributed by atoms with van der Waals surface area (Å²) in [6, 6.07) is 5.94. The Bertz CT molecular complexity index is 849. The smallest absolute Gasteiger partial charge is 0.338 e. The van der Waals surface area contributed by atoms with E-state index in [9.17, 15) is 14.4 Å². The first-order chi connectivity index (χ1) is 12.9. The first kappa shape index (κ1) is 18.8. The minimum atomic E-state index is -1.05. The molecule has 0 aliphatic carbocycles. The van der Waals surface area contributed by atoms with E-state index in [0.717, 1.165) is 15.6 Å². The van der Waals surface area contributed by atoms with Crippen molar-refractivity contribution in [1.29, 1.82) is 0 Å². The number of carbonyl (C=O) groups excluding carboxylic acids is 3. The zero-order valence-corrected chi connectivity index (χ0v) is 15.7. The molecule has 1 aliphatic rings. The van der Waals surface area contributed by atoms with E-state index in [0.29, 0.717) is 18.9 Å². The van der Waals surface area contributed by atoms with Gasteiger partial charge in [-0.2, -0.15) is 0 Å². The SMILES string of the molecule is Cc1nc(COc2ccc(C(=O)O[C@H](C)C(=O)N3CCNC3=O)cc2)cs1. The molecule has 1 saturated heterocycles. The van der Waals surface area contributed by atoms with Gasteiger partial charge in [0.2, 0.25) is 0 Å². The Kier molecular flexibility index (Phi) is 5.70. The van der Waals surface area contributed by atoms with Crippen molar-refractivity contribution in [2.45, 2.75) is 26.6 Å². The molecular weight excluding hydrogens is 370 g/mol. The number of benzene rings is 1. The van der Waals surface area contributed by atoms with Gasteiger partial charge in [0.1, 0.15) is 12.4 Å². The van der Waals surface area contributed by atoms with Crippen LogP contribution in [0.2, 0.25) is 0 Å². The van der Waals surface area contributed by atoms with Crippen molar-refractivity contribution in [2.75, 3.05) is 13.1 Å². The summed E-state index contributed by atoms with van der Waals surface area (Å²) in [6.45, 7) is 4.38. The summed E-state index contributed by atoms with van der Waals surface area (Å²) in [5, 5.41) is 5.43. The third-order valence-electron chi connectivity index (χ3n) is 3.90. The van der Waals surface area contributed by atoms with Crippen molar-refractivity contribution >= 4 is 29.2 Å². The van der Waals surface area contributed by atoms with Gasteiger partial charge in [0.15, 0.2) is 6.10 Å². The average Bonchev–Trinajstić information content (AvgIpc) is 3.27. The molecule has 3 rings (SSSR count). The van der Waals surface area contributed by atoms with Crippen LogP contribution in [0.1, 0.15) is 28.0 Å². The maximum absolute atomic E-state index is 12.2. The highest BCUT2D eigenvalue weighted by atomic mass is 32.1. The fourth-order valence-electron chi connectivity index (χ4n) is 2.50. The lowest BCUT2D eigenvalue weighted by atomic mass is 10.2. The molecule has 0 radical (unpaired) electrons. The Morgan fingerprint density at radius 2 is 2.07 bits per heavy atom. The normalized spacial score (nSPS) is 14.6. The van der Waals surface area contributed by atoms with Crippen molar-refractivity contribution in [3.8, 4) is 5.75 Å². The van der Waals surface area contributed by atoms with Crippen LogP contribution < -0.4 is 10.1 Å². The van der Waals surface area contributed by atoms with Crippen LogP contribution in [-0.2, 0) is 16.1 Å². The lowest BCUT2D eigenvalue weighted by Crippen LogP contribution is -2.41. The van der Waals surface area contributed by atoms with E-state index in [1.165, 1.54) is 6.92 Å². The molecule has 8 nitrogen and oxygen atoms in total. The molecule has 1 fully saturated rings. The summed E-state index contributed by atoms with van der Waals surface area (Å²) >= 11 is 1.55. The van der Waals surface area contributed by atoms with E-state index in [2.05, 4.69) is 10.3 Å². The molecule has 2 heterocycles. The van der Waals surface area contributed by atoms with Crippen LogP contribution >= 0.6 is 11.3 Å². The van der Waals surface area contributed by atoms with Crippen molar-refractivity contribution < 1.29 is 23.9 Å². The van der Waals surface area contributed by atoms with Gasteiger partial charge >= 0.3 is 12.0 Å². The van der Waals surface area contributed by atoms with Gasteiger partial charge in [-0.3, -0.25) is 9.69 Å². The molecule has 0 unspecified atom stereocenters. The highest BCUT2D eigenvalue weighted by Gasteiger charge is 2.31. The highest BCUT2D eigenvalue weighted by Crippen LogP contribution is 2.17. The van der Waals surface area contributed by atoms with Crippen molar-refractivity contribution in [3.05, 3.63) is 45.9 Å². The topological polar surface area (TPSA) is 97.8 Å². The molecule has 0 spiro atoms. The first-order valence-corrected chi connectivity index (χ1v) is 9.26. The summed E-state index contributed by atoms with van der Waals surface area (Å²) < 4.78 is 10.8. The maximum atomic E-state index is 12.2. The number of nitrogens with zero attached hydrogens (tertiary/aromatic N) is 2. The summed E-state index contributed by atoms with van der Waals surface area (Å²) in [4.78, 5) is 41.2. The number of hydrogen-bond donors (Lipinski definition) is 1. The average molecular weight is 389 g/mol.